The van der Waals surface area contributed by atoms with Gasteiger partial charge in [0.25, 0.3) is 0 Å². The van der Waals surface area contributed by atoms with Gasteiger partial charge in [-0.2, -0.15) is 0 Å². The van der Waals surface area contributed by atoms with Gasteiger partial charge >= 0.3 is 0 Å². The number of hydrogen-bond acceptors (Lipinski definition) is 1. The Hall–Kier alpha value is -0.740. The molecule has 1 aliphatic heterocycles. The second-order valence-electron chi connectivity index (χ2n) is 5.39. The predicted octanol–water partition coefficient (Wildman–Crippen LogP) is 3.61. The van der Waals surface area contributed by atoms with E-state index in [1.807, 2.05) is 0 Å². The lowest BCUT2D eigenvalue weighted by atomic mass is 9.90. The molecule has 94 valence electrons. The molecule has 1 unspecified atom stereocenters. The zero-order valence-electron chi connectivity index (χ0n) is 11.0. The molecule has 2 rings (SSSR count). The highest BCUT2D eigenvalue weighted by Crippen LogP contribution is 2.22. The summed E-state index contributed by atoms with van der Waals surface area (Å²) in [7, 11) is 0. The molecule has 2 aliphatic rings. The molecule has 1 atom stereocenters. The third-order valence-corrected chi connectivity index (χ3v) is 4.12. The normalized spacial score (nSPS) is 26.5. The topological polar surface area (TPSA) is 3.24 Å². The van der Waals surface area contributed by atoms with Crippen LogP contribution in [0.25, 0.3) is 0 Å². The van der Waals surface area contributed by atoms with Crippen molar-refractivity contribution >= 4 is 0 Å². The van der Waals surface area contributed by atoms with Gasteiger partial charge in [0.15, 0.2) is 0 Å². The number of hydrogen-bond donors (Lipinski definition) is 0. The van der Waals surface area contributed by atoms with E-state index in [1.54, 1.807) is 0 Å². The molecule has 0 N–H and O–H groups in total. The van der Waals surface area contributed by atoms with Gasteiger partial charge in [0.05, 0.1) is 0 Å². The molecule has 17 heavy (non-hydrogen) atoms. The van der Waals surface area contributed by atoms with Crippen molar-refractivity contribution in [2.24, 2.45) is 5.92 Å². The SMILES string of the molecule is C=CC1CCCN1CCC#CC1CCCCC1. The summed E-state index contributed by atoms with van der Waals surface area (Å²) in [6.07, 6.45) is 12.6. The van der Waals surface area contributed by atoms with Gasteiger partial charge in [-0.1, -0.05) is 31.3 Å². The molecule has 2 fully saturated rings. The van der Waals surface area contributed by atoms with E-state index >= 15 is 0 Å². The van der Waals surface area contributed by atoms with Crippen LogP contribution in [-0.2, 0) is 0 Å². The van der Waals surface area contributed by atoms with Crippen molar-refractivity contribution in [2.45, 2.75) is 57.4 Å². The van der Waals surface area contributed by atoms with E-state index in [4.69, 9.17) is 0 Å². The molecule has 1 aliphatic carbocycles. The smallest absolute Gasteiger partial charge is 0.0276 e. The molecule has 0 radical (unpaired) electrons. The zero-order valence-corrected chi connectivity index (χ0v) is 11.0. The molecule has 0 bridgehead atoms. The van der Waals surface area contributed by atoms with Crippen LogP contribution in [0.15, 0.2) is 12.7 Å². The Labute approximate surface area is 106 Å². The Kier molecular flexibility index (Phi) is 5.13. The minimum atomic E-state index is 0.617. The lowest BCUT2D eigenvalue weighted by Crippen LogP contribution is -2.28. The maximum absolute atomic E-state index is 3.92. The fraction of sp³-hybridized carbons (Fsp3) is 0.750. The number of rotatable bonds is 3. The van der Waals surface area contributed by atoms with Crippen molar-refractivity contribution in [3.8, 4) is 11.8 Å². The minimum absolute atomic E-state index is 0.617. The lowest BCUT2D eigenvalue weighted by molar-refractivity contribution is 0.297. The van der Waals surface area contributed by atoms with E-state index in [9.17, 15) is 0 Å². The summed E-state index contributed by atoms with van der Waals surface area (Å²) in [5.41, 5.74) is 0. The van der Waals surface area contributed by atoms with Crippen LogP contribution in [-0.4, -0.2) is 24.0 Å². The zero-order chi connectivity index (χ0) is 11.9. The first-order chi connectivity index (χ1) is 8.40. The maximum Gasteiger partial charge on any atom is 0.0276 e. The summed E-state index contributed by atoms with van der Waals surface area (Å²) in [6, 6.07) is 0.617. The van der Waals surface area contributed by atoms with Crippen LogP contribution in [0.3, 0.4) is 0 Å². The minimum Gasteiger partial charge on any atom is -0.296 e. The average molecular weight is 231 g/mol. The third kappa shape index (κ3) is 3.89. The first-order valence-electron chi connectivity index (χ1n) is 7.25. The second kappa shape index (κ2) is 6.87. The quantitative estimate of drug-likeness (QED) is 0.530. The second-order valence-corrected chi connectivity index (χ2v) is 5.39. The molecule has 0 aromatic rings. The van der Waals surface area contributed by atoms with Gasteiger partial charge in [-0.15, -0.1) is 12.5 Å². The summed E-state index contributed by atoms with van der Waals surface area (Å²) < 4.78 is 0. The van der Waals surface area contributed by atoms with Crippen LogP contribution < -0.4 is 0 Å². The Morgan fingerprint density at radius 1 is 1.12 bits per heavy atom. The van der Waals surface area contributed by atoms with Gasteiger partial charge in [0.2, 0.25) is 0 Å². The molecule has 0 aromatic carbocycles. The highest BCUT2D eigenvalue weighted by Gasteiger charge is 2.20. The van der Waals surface area contributed by atoms with Crippen molar-refractivity contribution in [1.82, 2.24) is 4.90 Å². The molecule has 0 aromatic heterocycles. The molecular weight excluding hydrogens is 206 g/mol. The monoisotopic (exact) mass is 231 g/mol. The van der Waals surface area contributed by atoms with Gasteiger partial charge in [-0.05, 0) is 32.2 Å². The van der Waals surface area contributed by atoms with Gasteiger partial charge in [0.1, 0.15) is 0 Å². The predicted molar refractivity (Wildman–Crippen MR) is 73.8 cm³/mol. The van der Waals surface area contributed by atoms with Gasteiger partial charge < -0.3 is 0 Å². The summed E-state index contributed by atoms with van der Waals surface area (Å²) in [6.45, 7) is 6.29. The Morgan fingerprint density at radius 3 is 2.71 bits per heavy atom. The van der Waals surface area contributed by atoms with Crippen LogP contribution in [0.1, 0.15) is 51.4 Å². The number of likely N-dealkylation sites (tertiary alicyclic amines) is 1. The summed E-state index contributed by atoms with van der Waals surface area (Å²) in [5, 5.41) is 0. The van der Waals surface area contributed by atoms with Crippen LogP contribution in [0.5, 0.6) is 0 Å². The Bertz CT molecular complexity index is 290. The summed E-state index contributed by atoms with van der Waals surface area (Å²) in [4.78, 5) is 2.53. The molecule has 0 spiro atoms. The first-order valence-corrected chi connectivity index (χ1v) is 7.25. The fourth-order valence-corrected chi connectivity index (χ4v) is 3.06. The van der Waals surface area contributed by atoms with Crippen LogP contribution >= 0.6 is 0 Å². The average Bonchev–Trinajstić information content (AvgIpc) is 2.83. The molecule has 1 saturated carbocycles. The Balaban J connectivity index is 1.68. The van der Waals surface area contributed by atoms with Crippen LogP contribution in [0.4, 0.5) is 0 Å². The van der Waals surface area contributed by atoms with Gasteiger partial charge in [0, 0.05) is 24.9 Å². The Morgan fingerprint density at radius 2 is 1.94 bits per heavy atom. The van der Waals surface area contributed by atoms with Crippen molar-refractivity contribution < 1.29 is 0 Å². The molecule has 1 heteroatoms. The van der Waals surface area contributed by atoms with E-state index in [-0.39, 0.29) is 0 Å². The highest BCUT2D eigenvalue weighted by atomic mass is 15.2. The standard InChI is InChI=1S/C16H25N/c1-2-16-12-8-14-17(16)13-7-6-11-15-9-4-3-5-10-15/h2,15-16H,1,3-5,7-10,12-14H2. The maximum atomic E-state index is 3.92. The fourth-order valence-electron chi connectivity index (χ4n) is 3.06. The molecule has 1 nitrogen and oxygen atoms in total. The third-order valence-electron chi connectivity index (χ3n) is 4.12. The highest BCUT2D eigenvalue weighted by molar-refractivity contribution is 5.05. The van der Waals surface area contributed by atoms with Crippen molar-refractivity contribution in [3.05, 3.63) is 12.7 Å². The molecular formula is C16H25N. The van der Waals surface area contributed by atoms with E-state index in [0.717, 1.165) is 13.0 Å². The summed E-state index contributed by atoms with van der Waals surface area (Å²) >= 11 is 0. The molecule has 0 amide bonds. The van der Waals surface area contributed by atoms with Crippen molar-refractivity contribution in [3.63, 3.8) is 0 Å². The number of nitrogens with zero attached hydrogens (tertiary/aromatic N) is 1. The van der Waals surface area contributed by atoms with Crippen LogP contribution in [0.2, 0.25) is 0 Å². The van der Waals surface area contributed by atoms with Gasteiger partial charge in [-0.3, -0.25) is 4.90 Å². The van der Waals surface area contributed by atoms with E-state index in [0.29, 0.717) is 12.0 Å². The van der Waals surface area contributed by atoms with E-state index in [2.05, 4.69) is 29.4 Å². The van der Waals surface area contributed by atoms with Crippen molar-refractivity contribution in [1.29, 1.82) is 0 Å². The van der Waals surface area contributed by atoms with E-state index < -0.39 is 0 Å². The largest absolute Gasteiger partial charge is 0.296 e. The first kappa shape index (κ1) is 12.7. The van der Waals surface area contributed by atoms with E-state index in [1.165, 1.54) is 51.5 Å². The molecule has 1 saturated heterocycles. The summed E-state index contributed by atoms with van der Waals surface area (Å²) in [5.74, 6) is 7.58. The van der Waals surface area contributed by atoms with Crippen molar-refractivity contribution in [2.75, 3.05) is 13.1 Å². The lowest BCUT2D eigenvalue weighted by Gasteiger charge is -2.20. The van der Waals surface area contributed by atoms with Crippen LogP contribution in [0, 0.1) is 17.8 Å². The molecule has 1 heterocycles. The van der Waals surface area contributed by atoms with Gasteiger partial charge in [-0.25, -0.2) is 0 Å².